The van der Waals surface area contributed by atoms with Gasteiger partial charge >= 0.3 is 0 Å². The molecule has 8 N–H and O–H groups in total. The van der Waals surface area contributed by atoms with Crippen LogP contribution >= 0.6 is 0 Å². The van der Waals surface area contributed by atoms with E-state index in [2.05, 4.69) is 80.7 Å². The van der Waals surface area contributed by atoms with Gasteiger partial charge in [0.15, 0.2) is 73.7 Å². The van der Waals surface area contributed by atoms with E-state index < -0.39 is 86.8 Å². The molecule has 0 radical (unpaired) electrons. The summed E-state index contributed by atoms with van der Waals surface area (Å²) in [6.07, 6.45) is 13.3. The molecule has 0 fully saturated rings. The number of H-pyrrole nitrogens is 3. The highest BCUT2D eigenvalue weighted by Gasteiger charge is 2.32. The Hall–Kier alpha value is -14.1. The lowest BCUT2D eigenvalue weighted by Crippen LogP contribution is -2.15. The number of pyridine rings is 4. The number of benzene rings is 8. The highest BCUT2D eigenvalue weighted by molar-refractivity contribution is 7.92. The molecule has 0 aliphatic rings. The van der Waals surface area contributed by atoms with E-state index in [-0.39, 0.29) is 41.1 Å². The second kappa shape index (κ2) is 34.2. The second-order valence-electron chi connectivity index (χ2n) is 28.9. The van der Waals surface area contributed by atoms with E-state index in [0.717, 1.165) is 25.0 Å². The molecule has 18 aromatic rings. The molecule has 36 heteroatoms. The molecular formula is C87H74F4N20O8S4. The van der Waals surface area contributed by atoms with Crippen LogP contribution in [0.15, 0.2) is 252 Å². The first-order valence-electron chi connectivity index (χ1n) is 37.8. The largest absolute Gasteiger partial charge is 0.360 e. The normalized spacial score (nSPS) is 12.9. The van der Waals surface area contributed by atoms with Crippen LogP contribution in [0, 0.1) is 23.3 Å². The number of nitrogens with one attached hydrogen (secondary N) is 6. The number of halogens is 4. The van der Waals surface area contributed by atoms with Gasteiger partial charge in [-0.25, -0.2) is 111 Å². The van der Waals surface area contributed by atoms with E-state index in [1.807, 2.05) is 130 Å². The minimum atomic E-state index is -3.76. The molecule has 10 heterocycles. The zero-order valence-corrected chi connectivity index (χ0v) is 69.8. The summed E-state index contributed by atoms with van der Waals surface area (Å²) in [6, 6.07) is 50.3. The van der Waals surface area contributed by atoms with Gasteiger partial charge in [-0.1, -0.05) is 121 Å². The molecule has 0 amide bonds. The summed E-state index contributed by atoms with van der Waals surface area (Å²) in [5.74, 6) is -0.594. The number of hydrogen-bond donors (Lipinski definition) is 7. The Morgan fingerprint density at radius 3 is 0.764 bits per heavy atom. The first-order chi connectivity index (χ1) is 58.8. The topological polar surface area (TPSA) is 414 Å². The molecule has 0 spiro atoms. The number of nitrogens with two attached hydrogens (primary N) is 1. The van der Waals surface area contributed by atoms with Gasteiger partial charge in [-0.2, -0.15) is 0 Å². The third-order valence-electron chi connectivity index (χ3n) is 19.8. The van der Waals surface area contributed by atoms with Crippen LogP contribution in [0.1, 0.15) is 74.6 Å². The number of nitrogens with zero attached hydrogens (tertiary/aromatic N) is 13. The Kier molecular flexibility index (Phi) is 23.4. The maximum atomic E-state index is 14.1. The summed E-state index contributed by atoms with van der Waals surface area (Å²) in [4.78, 5) is 65.7. The Morgan fingerprint density at radius 1 is 0.309 bits per heavy atom. The lowest BCUT2D eigenvalue weighted by molar-refractivity contribution is 0.600. The number of rotatable bonds is 18. The fourth-order valence-corrected chi connectivity index (χ4v) is 19.3. The molecule has 0 saturated carbocycles. The molecule has 0 saturated heterocycles. The van der Waals surface area contributed by atoms with E-state index in [0.29, 0.717) is 140 Å². The molecule has 4 atom stereocenters. The maximum Gasteiger partial charge on any atom is 0.182 e. The van der Waals surface area contributed by atoms with Gasteiger partial charge in [0.2, 0.25) is 0 Å². The molecule has 0 aliphatic carbocycles. The average molecular weight is 1730 g/mol. The van der Waals surface area contributed by atoms with Crippen LogP contribution in [0.4, 0.5) is 35.0 Å². The van der Waals surface area contributed by atoms with Gasteiger partial charge in [-0.3, -0.25) is 4.98 Å². The lowest BCUT2D eigenvalue weighted by atomic mass is 9.98. The number of sulfone groups is 4. The van der Waals surface area contributed by atoms with Crippen molar-refractivity contribution in [2.75, 3.05) is 41.0 Å². The summed E-state index contributed by atoms with van der Waals surface area (Å²) in [6.45, 7) is 7.33. The summed E-state index contributed by atoms with van der Waals surface area (Å²) < 4.78 is 159. The summed E-state index contributed by atoms with van der Waals surface area (Å²) in [5, 5.41) is 10.9. The Labute approximate surface area is 701 Å². The summed E-state index contributed by atoms with van der Waals surface area (Å²) in [5.41, 5.74) is 17.3. The van der Waals surface area contributed by atoms with Crippen molar-refractivity contribution in [3.05, 3.63) is 278 Å². The fourth-order valence-electron chi connectivity index (χ4n) is 14.7. The van der Waals surface area contributed by atoms with Crippen LogP contribution in [0.3, 0.4) is 0 Å². The highest BCUT2D eigenvalue weighted by atomic mass is 32.2. The van der Waals surface area contributed by atoms with Crippen molar-refractivity contribution in [3.8, 4) is 44.5 Å². The number of imidazole rings is 3. The molecule has 123 heavy (non-hydrogen) atoms. The third-order valence-corrected chi connectivity index (χ3v) is 24.5. The van der Waals surface area contributed by atoms with Crippen molar-refractivity contribution < 1.29 is 51.2 Å². The average Bonchev–Trinajstić information content (AvgIpc) is 1.11. The Bertz CT molecular complexity index is 7030. The van der Waals surface area contributed by atoms with Crippen molar-refractivity contribution in [3.63, 3.8) is 0 Å². The van der Waals surface area contributed by atoms with E-state index in [1.54, 1.807) is 19.1 Å². The fraction of sp³-hybridized carbons (Fsp3) is 0.138. The van der Waals surface area contributed by atoms with Gasteiger partial charge in [0, 0.05) is 74.9 Å². The van der Waals surface area contributed by atoms with Crippen LogP contribution in [0.5, 0.6) is 0 Å². The standard InChI is InChI=1S/3C23H19FN6O2S.C18H17FN2O2S/c3*1-13(29-23-20-22(26-11-25-20)27-12-28-23)19-18(14-6-4-3-5-7-14)21(33(2,31)32)16-10-15(24)8-9-17(16)30-19;1-11(20)17-16(12-6-4-3-5-7-12)18(24(2,22)23)14-10-13(19)8-9-15(14)21-17/h3*3-13H,1-2H3,(H2,25,26,27,28,29);3-11H,20H2,1-2H3/t2*13-;;/m10../s1. The van der Waals surface area contributed by atoms with Gasteiger partial charge in [0.25, 0.3) is 0 Å². The van der Waals surface area contributed by atoms with Gasteiger partial charge in [-0.05, 0) is 123 Å². The molecule has 0 bridgehead atoms. The third kappa shape index (κ3) is 17.7. The maximum absolute atomic E-state index is 14.1. The van der Waals surface area contributed by atoms with Gasteiger partial charge < -0.3 is 36.6 Å². The number of hydrogen-bond acceptors (Lipinski definition) is 25. The van der Waals surface area contributed by atoms with Crippen LogP contribution in [0.25, 0.3) is 122 Å². The molecule has 28 nitrogen and oxygen atoms in total. The number of aromatic amines is 3. The number of fused-ring (bicyclic) bond motifs is 7. The van der Waals surface area contributed by atoms with E-state index >= 15 is 0 Å². The van der Waals surface area contributed by atoms with Crippen molar-refractivity contribution in [2.24, 2.45) is 5.73 Å². The van der Waals surface area contributed by atoms with Crippen molar-refractivity contribution in [1.82, 2.24) is 79.7 Å². The Morgan fingerprint density at radius 2 is 0.537 bits per heavy atom. The molecule has 8 aromatic carbocycles. The zero-order chi connectivity index (χ0) is 87.0. The minimum absolute atomic E-state index is 0.0382. The number of anilines is 3. The van der Waals surface area contributed by atoms with E-state index in [4.69, 9.17) is 20.7 Å². The first kappa shape index (κ1) is 84.0. The van der Waals surface area contributed by atoms with Crippen molar-refractivity contribution >= 4 is 134 Å². The smallest absolute Gasteiger partial charge is 0.182 e. The van der Waals surface area contributed by atoms with Crippen LogP contribution in [-0.4, -0.2) is 138 Å². The van der Waals surface area contributed by atoms with E-state index in [9.17, 15) is 51.2 Å². The lowest BCUT2D eigenvalue weighted by Gasteiger charge is -2.22. The van der Waals surface area contributed by atoms with Crippen LogP contribution in [-0.2, 0) is 39.3 Å². The summed E-state index contributed by atoms with van der Waals surface area (Å²) >= 11 is 0. The summed E-state index contributed by atoms with van der Waals surface area (Å²) in [7, 11) is -14.9. The predicted octanol–water partition coefficient (Wildman–Crippen LogP) is 16.3. The second-order valence-corrected chi connectivity index (χ2v) is 36.7. The SMILES string of the molecule is CC(N)c1nc2ccc(F)cc2c(S(C)(=O)=O)c1-c1ccccc1.CC(Nc1ncnc2nc[nH]c12)c1nc2ccc(F)cc2c(S(C)(=O)=O)c1-c1ccccc1.C[C@@H](Nc1ncnc2nc[nH]c12)c1nc2ccc(F)cc2c(S(C)(=O)=O)c1-c1ccccc1.C[C@H](Nc1ncnc2nc[nH]c12)c1nc2ccc(F)cc2c(S(C)(=O)=O)c1-c1ccccc1. The molecule has 2 unspecified atom stereocenters. The predicted molar refractivity (Wildman–Crippen MR) is 465 cm³/mol. The zero-order valence-electron chi connectivity index (χ0n) is 66.6. The van der Waals surface area contributed by atoms with E-state index in [1.165, 1.54) is 111 Å². The van der Waals surface area contributed by atoms with Gasteiger partial charge in [0.1, 0.15) is 58.8 Å². The minimum Gasteiger partial charge on any atom is -0.360 e. The molecule has 10 aromatic heterocycles. The molecule has 18 rings (SSSR count). The first-order valence-corrected chi connectivity index (χ1v) is 45.4. The van der Waals surface area contributed by atoms with Gasteiger partial charge in [0.05, 0.1) is 102 Å². The quantitative estimate of drug-likeness (QED) is 0.0392. The van der Waals surface area contributed by atoms with Crippen LogP contribution in [0.2, 0.25) is 0 Å². The van der Waals surface area contributed by atoms with Gasteiger partial charge in [-0.15, -0.1) is 0 Å². The Balaban J connectivity index is 0.000000128. The van der Waals surface area contributed by atoms with Crippen LogP contribution < -0.4 is 21.7 Å². The highest BCUT2D eigenvalue weighted by Crippen LogP contribution is 2.45. The molecule has 622 valence electrons. The number of aromatic nitrogens is 16. The molecular weight excluding hydrogens is 1660 g/mol. The monoisotopic (exact) mass is 1730 g/mol. The van der Waals surface area contributed by atoms with Crippen molar-refractivity contribution in [2.45, 2.75) is 71.4 Å². The van der Waals surface area contributed by atoms with Crippen molar-refractivity contribution in [1.29, 1.82) is 0 Å². The molecule has 0 aliphatic heterocycles.